The van der Waals surface area contributed by atoms with Gasteiger partial charge in [-0.15, -0.1) is 11.8 Å². The van der Waals surface area contributed by atoms with Crippen LogP contribution in [0.5, 0.6) is 0 Å². The molecule has 0 aliphatic heterocycles. The van der Waals surface area contributed by atoms with E-state index in [9.17, 15) is 23.2 Å². The maximum absolute atomic E-state index is 13.4. The van der Waals surface area contributed by atoms with Gasteiger partial charge in [-0.1, -0.05) is 20.3 Å². The maximum atomic E-state index is 13.4. The molecule has 1 rings (SSSR count). The topological polar surface area (TPSA) is 81.7 Å². The Morgan fingerprint density at radius 2 is 1.96 bits per heavy atom. The Hall–Kier alpha value is -2.16. The average Bonchev–Trinajstić information content (AvgIpc) is 2.63. The van der Waals surface area contributed by atoms with Crippen molar-refractivity contribution in [1.82, 2.24) is 5.32 Å². The van der Waals surface area contributed by atoms with Crippen molar-refractivity contribution < 1.29 is 32.6 Å². The van der Waals surface area contributed by atoms with Crippen molar-refractivity contribution in [2.45, 2.75) is 31.2 Å². The molecule has 1 amide bonds. The van der Waals surface area contributed by atoms with Crippen LogP contribution in [-0.2, 0) is 23.9 Å². The van der Waals surface area contributed by atoms with Gasteiger partial charge in [0.15, 0.2) is 6.61 Å². The minimum atomic E-state index is -0.841. The van der Waals surface area contributed by atoms with Gasteiger partial charge >= 0.3 is 11.9 Å². The van der Waals surface area contributed by atoms with Crippen molar-refractivity contribution in [2.75, 3.05) is 19.5 Å². The van der Waals surface area contributed by atoms with E-state index in [-0.39, 0.29) is 16.6 Å². The molecule has 144 valence electrons. The summed E-state index contributed by atoms with van der Waals surface area (Å²) in [7, 11) is 1.21. The van der Waals surface area contributed by atoms with Crippen molar-refractivity contribution in [2.24, 2.45) is 5.92 Å². The first-order chi connectivity index (χ1) is 12.3. The summed E-state index contributed by atoms with van der Waals surface area (Å²) in [5, 5.41) is 2.46. The van der Waals surface area contributed by atoms with E-state index in [1.165, 1.54) is 7.11 Å². The monoisotopic (exact) mass is 389 g/mol. The van der Waals surface area contributed by atoms with E-state index in [1.807, 2.05) is 6.92 Å². The molecule has 0 spiro atoms. The van der Waals surface area contributed by atoms with E-state index in [0.29, 0.717) is 6.42 Å². The lowest BCUT2D eigenvalue weighted by Crippen LogP contribution is -2.47. The number of hydrogen-bond donors (Lipinski definition) is 1. The van der Waals surface area contributed by atoms with Crippen molar-refractivity contribution in [3.05, 3.63) is 29.8 Å². The highest BCUT2D eigenvalue weighted by Crippen LogP contribution is 2.22. The molecule has 0 fully saturated rings. The molecule has 0 aliphatic carbocycles. The quantitative estimate of drug-likeness (QED) is 0.516. The largest absolute Gasteiger partial charge is 0.467 e. The van der Waals surface area contributed by atoms with Gasteiger partial charge in [0.25, 0.3) is 5.91 Å². The molecule has 6 nitrogen and oxygen atoms in total. The van der Waals surface area contributed by atoms with Crippen LogP contribution >= 0.6 is 11.8 Å². The summed E-state index contributed by atoms with van der Waals surface area (Å²) in [5.74, 6) is -3.75. The van der Waals surface area contributed by atoms with Gasteiger partial charge in [0.1, 0.15) is 17.7 Å². The first-order valence-corrected chi connectivity index (χ1v) is 8.87. The Kier molecular flexibility index (Phi) is 9.04. The lowest BCUT2D eigenvalue weighted by Gasteiger charge is -2.21. The van der Waals surface area contributed by atoms with Crippen LogP contribution in [0.1, 0.15) is 20.3 Å². The molecule has 1 aromatic carbocycles. The fourth-order valence-corrected chi connectivity index (χ4v) is 2.68. The Bertz CT molecular complexity index is 656. The number of amides is 1. The summed E-state index contributed by atoms with van der Waals surface area (Å²) >= 11 is 0.757. The van der Waals surface area contributed by atoms with Crippen LogP contribution in [-0.4, -0.2) is 43.4 Å². The highest BCUT2D eigenvalue weighted by molar-refractivity contribution is 8.00. The third kappa shape index (κ3) is 6.99. The van der Waals surface area contributed by atoms with Crippen LogP contribution in [0.2, 0.25) is 0 Å². The van der Waals surface area contributed by atoms with Gasteiger partial charge in [-0.2, -0.15) is 0 Å². The number of halogens is 2. The third-order valence-corrected chi connectivity index (χ3v) is 4.59. The van der Waals surface area contributed by atoms with Gasteiger partial charge < -0.3 is 14.8 Å². The van der Waals surface area contributed by atoms with Gasteiger partial charge in [-0.05, 0) is 24.1 Å². The van der Waals surface area contributed by atoms with Gasteiger partial charge in [0.05, 0.1) is 12.9 Å². The summed E-state index contributed by atoms with van der Waals surface area (Å²) in [5.41, 5.74) is 0. The van der Waals surface area contributed by atoms with E-state index >= 15 is 0 Å². The van der Waals surface area contributed by atoms with Gasteiger partial charge in [-0.25, -0.2) is 13.6 Å². The number of methoxy groups -OCH3 is 1. The van der Waals surface area contributed by atoms with E-state index in [1.54, 1.807) is 6.92 Å². The Labute approximate surface area is 154 Å². The number of benzene rings is 1. The number of ether oxygens (including phenoxy) is 2. The number of hydrogen-bond acceptors (Lipinski definition) is 6. The average molecular weight is 389 g/mol. The minimum absolute atomic E-state index is 0.0334. The summed E-state index contributed by atoms with van der Waals surface area (Å²) in [4.78, 5) is 35.2. The number of carbonyl (C=O) groups is 3. The maximum Gasteiger partial charge on any atom is 0.328 e. The molecule has 0 bridgehead atoms. The highest BCUT2D eigenvalue weighted by atomic mass is 32.2. The van der Waals surface area contributed by atoms with E-state index in [4.69, 9.17) is 4.74 Å². The number of thioether (sulfide) groups is 1. The Morgan fingerprint density at radius 1 is 1.27 bits per heavy atom. The molecule has 0 aliphatic rings. The smallest absolute Gasteiger partial charge is 0.328 e. The normalized spacial score (nSPS) is 12.8. The molecule has 1 aromatic rings. The SMILES string of the molecule is CC[C@@H](C)[C@@H](NC(=O)COC(=O)CSc1cc(F)ccc1F)C(=O)OC. The number of rotatable bonds is 9. The lowest BCUT2D eigenvalue weighted by atomic mass is 9.99. The zero-order valence-corrected chi connectivity index (χ0v) is 15.5. The van der Waals surface area contributed by atoms with Crippen LogP contribution in [0.3, 0.4) is 0 Å². The highest BCUT2D eigenvalue weighted by Gasteiger charge is 2.26. The Balaban J connectivity index is 2.47. The molecule has 0 heterocycles. The molecule has 1 N–H and O–H groups in total. The molecule has 9 heteroatoms. The first kappa shape index (κ1) is 21.9. The molecule has 0 saturated carbocycles. The summed E-state index contributed by atoms with van der Waals surface area (Å²) in [6.07, 6.45) is 0.635. The van der Waals surface area contributed by atoms with Gasteiger partial charge in [-0.3, -0.25) is 9.59 Å². The first-order valence-electron chi connectivity index (χ1n) is 7.89. The second kappa shape index (κ2) is 10.7. The second-order valence-corrected chi connectivity index (χ2v) is 6.50. The molecular formula is C17H21F2NO5S. The third-order valence-electron chi connectivity index (χ3n) is 3.59. The van der Waals surface area contributed by atoms with Crippen molar-refractivity contribution in [1.29, 1.82) is 0 Å². The zero-order valence-electron chi connectivity index (χ0n) is 14.7. The summed E-state index contributed by atoms with van der Waals surface area (Å²) < 4.78 is 35.9. The fraction of sp³-hybridized carbons (Fsp3) is 0.471. The molecular weight excluding hydrogens is 368 g/mol. The van der Waals surface area contributed by atoms with Crippen molar-refractivity contribution in [3.63, 3.8) is 0 Å². The number of nitrogens with one attached hydrogen (secondary N) is 1. The van der Waals surface area contributed by atoms with Crippen molar-refractivity contribution >= 4 is 29.6 Å². The molecule has 0 unspecified atom stereocenters. The number of esters is 2. The second-order valence-electron chi connectivity index (χ2n) is 5.48. The molecule has 0 aromatic heterocycles. The zero-order chi connectivity index (χ0) is 19.7. The van der Waals surface area contributed by atoms with Crippen molar-refractivity contribution in [3.8, 4) is 0 Å². The van der Waals surface area contributed by atoms with Gasteiger partial charge in [0.2, 0.25) is 0 Å². The fourth-order valence-electron chi connectivity index (χ4n) is 1.92. The molecule has 26 heavy (non-hydrogen) atoms. The lowest BCUT2D eigenvalue weighted by molar-refractivity contribution is -0.149. The molecule has 0 radical (unpaired) electrons. The van der Waals surface area contributed by atoms with E-state index in [0.717, 1.165) is 30.0 Å². The van der Waals surface area contributed by atoms with Crippen LogP contribution in [0.25, 0.3) is 0 Å². The van der Waals surface area contributed by atoms with E-state index in [2.05, 4.69) is 10.1 Å². The predicted molar refractivity (Wildman–Crippen MR) is 91.4 cm³/mol. The molecule has 2 atom stereocenters. The van der Waals surface area contributed by atoms with Gasteiger partial charge in [0, 0.05) is 4.90 Å². The van der Waals surface area contributed by atoms with Crippen LogP contribution in [0, 0.1) is 17.6 Å². The standard InChI is InChI=1S/C17H21F2NO5S/c1-4-10(2)16(17(23)24-3)20-14(21)8-25-15(22)9-26-13-7-11(18)5-6-12(13)19/h5-7,10,16H,4,8-9H2,1-3H3,(H,20,21)/t10-,16-/m1/s1. The Morgan fingerprint density at radius 3 is 2.58 bits per heavy atom. The van der Waals surface area contributed by atoms with Crippen LogP contribution in [0.4, 0.5) is 8.78 Å². The predicted octanol–water partition coefficient (Wildman–Crippen LogP) is 2.30. The molecule has 0 saturated heterocycles. The van der Waals surface area contributed by atoms with Crippen LogP contribution < -0.4 is 5.32 Å². The van der Waals surface area contributed by atoms with Crippen LogP contribution in [0.15, 0.2) is 23.1 Å². The number of carbonyl (C=O) groups excluding carboxylic acids is 3. The summed E-state index contributed by atoms with van der Waals surface area (Å²) in [6.45, 7) is 3.04. The minimum Gasteiger partial charge on any atom is -0.467 e. The van der Waals surface area contributed by atoms with E-state index < -0.39 is 42.1 Å². The summed E-state index contributed by atoms with van der Waals surface area (Å²) in [6, 6.07) is 2.05.